The van der Waals surface area contributed by atoms with Crippen molar-refractivity contribution in [3.63, 3.8) is 0 Å². The van der Waals surface area contributed by atoms with Gasteiger partial charge in [0.2, 0.25) is 0 Å². The van der Waals surface area contributed by atoms with Crippen LogP contribution in [0.25, 0.3) is 0 Å². The summed E-state index contributed by atoms with van der Waals surface area (Å²) in [5.41, 5.74) is 0. The van der Waals surface area contributed by atoms with Crippen LogP contribution in [-0.4, -0.2) is 36.2 Å². The van der Waals surface area contributed by atoms with Gasteiger partial charge in [-0.15, -0.1) is 5.01 Å². The van der Waals surface area contributed by atoms with Crippen LogP contribution in [0.15, 0.2) is 0 Å². The number of rotatable bonds is 1. The Morgan fingerprint density at radius 3 is 2.90 bits per heavy atom. The van der Waals surface area contributed by atoms with Crippen LogP contribution in [-0.2, 0) is 0 Å². The molecule has 0 radical (unpaired) electrons. The Hall–Kier alpha value is -0.840. The second kappa shape index (κ2) is 3.36. The van der Waals surface area contributed by atoms with E-state index < -0.39 is 0 Å². The number of nitrogens with zero attached hydrogens (tertiary/aromatic N) is 2. The van der Waals surface area contributed by atoms with Gasteiger partial charge in [-0.2, -0.15) is 0 Å². The monoisotopic (exact) mass is 145 g/mol. The van der Waals surface area contributed by atoms with Crippen LogP contribution in [0.3, 0.4) is 0 Å². The molecule has 10 heavy (non-hydrogen) atoms. The normalized spacial score (nSPS) is 20.2. The van der Waals surface area contributed by atoms with Gasteiger partial charge in [-0.25, -0.2) is 10.1 Å². The van der Waals surface area contributed by atoms with Gasteiger partial charge < -0.3 is 5.32 Å². The summed E-state index contributed by atoms with van der Waals surface area (Å²) < 4.78 is 0. The first-order valence-electron chi connectivity index (χ1n) is 3.40. The van der Waals surface area contributed by atoms with Gasteiger partial charge in [0.25, 0.3) is 0 Å². The number of hydrazine groups is 1. The average molecular weight is 145 g/mol. The molecule has 0 bridgehead atoms. The largest absolute Gasteiger partial charge is 0.315 e. The van der Waals surface area contributed by atoms with Crippen LogP contribution in [0, 0.1) is 10.1 Å². The summed E-state index contributed by atoms with van der Waals surface area (Å²) in [4.78, 5) is 10.2. The molecule has 0 saturated carbocycles. The van der Waals surface area contributed by atoms with Gasteiger partial charge in [-0.3, -0.25) is 0 Å². The van der Waals surface area contributed by atoms with Crippen molar-refractivity contribution in [3.05, 3.63) is 10.1 Å². The van der Waals surface area contributed by atoms with E-state index in [-0.39, 0.29) is 5.03 Å². The maximum Gasteiger partial charge on any atom is 0.160 e. The van der Waals surface area contributed by atoms with Crippen molar-refractivity contribution in [1.29, 1.82) is 0 Å². The summed E-state index contributed by atoms with van der Waals surface area (Å²) in [5, 5.41) is 14.2. The van der Waals surface area contributed by atoms with E-state index in [2.05, 4.69) is 5.32 Å². The third kappa shape index (κ3) is 1.84. The van der Waals surface area contributed by atoms with Crippen LogP contribution in [0.4, 0.5) is 0 Å². The lowest BCUT2D eigenvalue weighted by molar-refractivity contribution is -0.654. The second-order valence-electron chi connectivity index (χ2n) is 2.30. The molecule has 0 aromatic carbocycles. The lowest BCUT2D eigenvalue weighted by Crippen LogP contribution is -2.33. The van der Waals surface area contributed by atoms with Crippen molar-refractivity contribution in [2.24, 2.45) is 0 Å². The zero-order valence-corrected chi connectivity index (χ0v) is 5.75. The predicted molar refractivity (Wildman–Crippen MR) is 36.1 cm³/mol. The van der Waals surface area contributed by atoms with E-state index >= 15 is 0 Å². The Balaban J connectivity index is 2.35. The van der Waals surface area contributed by atoms with Crippen molar-refractivity contribution >= 4 is 0 Å². The summed E-state index contributed by atoms with van der Waals surface area (Å²) in [6.07, 6.45) is 0.862. The van der Waals surface area contributed by atoms with Crippen LogP contribution < -0.4 is 5.32 Å². The molecule has 0 amide bonds. The first kappa shape index (κ1) is 7.27. The van der Waals surface area contributed by atoms with Crippen LogP contribution in [0.5, 0.6) is 0 Å². The maximum atomic E-state index is 10.2. The highest BCUT2D eigenvalue weighted by atomic mass is 16.7. The van der Waals surface area contributed by atoms with Crippen LogP contribution in [0.1, 0.15) is 6.42 Å². The molecule has 1 aliphatic heterocycles. The Kier molecular flexibility index (Phi) is 2.44. The number of nitrogens with one attached hydrogen (secondary N) is 1. The van der Waals surface area contributed by atoms with E-state index in [0.29, 0.717) is 13.1 Å². The molecule has 1 aliphatic rings. The number of hydrogen-bond acceptors (Lipinski definition) is 3. The van der Waals surface area contributed by atoms with E-state index in [1.807, 2.05) is 0 Å². The van der Waals surface area contributed by atoms with E-state index in [1.54, 1.807) is 0 Å². The third-order valence-electron chi connectivity index (χ3n) is 1.55. The molecule has 5 nitrogen and oxygen atoms in total. The lowest BCUT2D eigenvalue weighted by Gasteiger charge is -2.08. The molecule has 0 unspecified atom stereocenters. The van der Waals surface area contributed by atoms with Gasteiger partial charge in [0.1, 0.15) is 0 Å². The van der Waals surface area contributed by atoms with Gasteiger partial charge in [-0.05, 0) is 13.0 Å². The Morgan fingerprint density at radius 2 is 2.20 bits per heavy atom. The molecule has 1 rings (SSSR count). The van der Waals surface area contributed by atoms with Gasteiger partial charge in [-0.1, -0.05) is 0 Å². The summed E-state index contributed by atoms with van der Waals surface area (Å²) >= 11 is 0. The molecule has 5 heteroatoms. The second-order valence-corrected chi connectivity index (χ2v) is 2.30. The number of hydrogen-bond donors (Lipinski definition) is 1. The molecular weight excluding hydrogens is 134 g/mol. The van der Waals surface area contributed by atoms with Crippen LogP contribution in [0.2, 0.25) is 0 Å². The quantitative estimate of drug-likeness (QED) is 0.398. The van der Waals surface area contributed by atoms with Gasteiger partial charge in [0.15, 0.2) is 5.03 Å². The van der Waals surface area contributed by atoms with E-state index in [4.69, 9.17) is 0 Å². The molecule has 58 valence electrons. The van der Waals surface area contributed by atoms with Crippen molar-refractivity contribution < 1.29 is 5.03 Å². The standard InChI is InChI=1S/C5H11N3O2/c9-8(10)7-4-1-2-6-3-5-7/h6H,1-5H2. The first-order chi connectivity index (χ1) is 4.80. The summed E-state index contributed by atoms with van der Waals surface area (Å²) in [6.45, 7) is 2.71. The molecule has 0 spiro atoms. The fourth-order valence-electron chi connectivity index (χ4n) is 0.995. The molecule has 0 aliphatic carbocycles. The predicted octanol–water partition coefficient (Wildman–Crippen LogP) is -0.527. The summed E-state index contributed by atoms with van der Waals surface area (Å²) in [6, 6.07) is 0. The van der Waals surface area contributed by atoms with Gasteiger partial charge >= 0.3 is 0 Å². The van der Waals surface area contributed by atoms with Crippen LogP contribution >= 0.6 is 0 Å². The minimum absolute atomic E-state index is 0.326. The average Bonchev–Trinajstić information content (AvgIpc) is 2.12. The maximum absolute atomic E-state index is 10.2. The van der Waals surface area contributed by atoms with Gasteiger partial charge in [0, 0.05) is 6.54 Å². The lowest BCUT2D eigenvalue weighted by atomic mass is 10.4. The highest BCUT2D eigenvalue weighted by molar-refractivity contribution is 4.58. The summed E-state index contributed by atoms with van der Waals surface area (Å²) in [7, 11) is 0. The Bertz CT molecular complexity index is 120. The molecule has 0 aromatic rings. The fraction of sp³-hybridized carbons (Fsp3) is 1.00. The van der Waals surface area contributed by atoms with Crippen molar-refractivity contribution in [2.45, 2.75) is 6.42 Å². The molecule has 0 aromatic heterocycles. The molecular formula is C5H11N3O2. The molecule has 1 saturated heterocycles. The van der Waals surface area contributed by atoms with E-state index in [0.717, 1.165) is 19.5 Å². The first-order valence-corrected chi connectivity index (χ1v) is 3.40. The molecule has 1 heterocycles. The SMILES string of the molecule is O=[N+]([O-])N1CCCNCC1. The smallest absolute Gasteiger partial charge is 0.160 e. The topological polar surface area (TPSA) is 58.4 Å². The van der Waals surface area contributed by atoms with Crippen molar-refractivity contribution in [3.8, 4) is 0 Å². The minimum Gasteiger partial charge on any atom is -0.315 e. The third-order valence-corrected chi connectivity index (χ3v) is 1.55. The Morgan fingerprint density at radius 1 is 1.40 bits per heavy atom. The molecule has 1 fully saturated rings. The van der Waals surface area contributed by atoms with Crippen molar-refractivity contribution in [1.82, 2.24) is 10.3 Å². The number of nitro groups is 1. The molecule has 0 atom stereocenters. The highest BCUT2D eigenvalue weighted by Gasteiger charge is 2.14. The Labute approximate surface area is 59.1 Å². The van der Waals surface area contributed by atoms with E-state index in [1.165, 1.54) is 5.01 Å². The minimum atomic E-state index is -0.326. The fourth-order valence-corrected chi connectivity index (χ4v) is 0.995. The zero-order chi connectivity index (χ0) is 7.40. The van der Waals surface area contributed by atoms with E-state index in [9.17, 15) is 10.1 Å². The van der Waals surface area contributed by atoms with Gasteiger partial charge in [0.05, 0.1) is 13.1 Å². The highest BCUT2D eigenvalue weighted by Crippen LogP contribution is 1.93. The summed E-state index contributed by atoms with van der Waals surface area (Å²) in [5.74, 6) is 0. The molecule has 1 N–H and O–H groups in total. The zero-order valence-electron chi connectivity index (χ0n) is 5.75. The van der Waals surface area contributed by atoms with Crippen molar-refractivity contribution in [2.75, 3.05) is 26.2 Å².